The smallest absolute Gasteiger partial charge is 0.0162 e. The molecule has 0 saturated heterocycles. The van der Waals surface area contributed by atoms with Crippen molar-refractivity contribution in [1.82, 2.24) is 0 Å². The Bertz CT molecular complexity index is 538. The van der Waals surface area contributed by atoms with Gasteiger partial charge in [0.25, 0.3) is 0 Å². The standard InChI is InChI=1S/C23H33P/c1-18-2-12-22(13-3-18)23-14-10-20(11-15-23)5-4-19-6-8-21(9-7-19)16-17-24/h2-5,12-13,16-17,19-21,23H,6-11,14-15,24H2,1H3/b5-4+,17-16+. The Balaban J connectivity index is 1.43. The normalized spacial score (nSPS) is 31.8. The molecule has 1 aromatic carbocycles. The Kier molecular flexibility index (Phi) is 6.73. The second-order valence-corrected chi connectivity index (χ2v) is 8.35. The molecule has 0 aliphatic heterocycles. The molecule has 1 unspecified atom stereocenters. The number of hydrogen-bond acceptors (Lipinski definition) is 0. The maximum Gasteiger partial charge on any atom is -0.0162 e. The van der Waals surface area contributed by atoms with E-state index >= 15 is 0 Å². The molecule has 3 rings (SSSR count). The summed E-state index contributed by atoms with van der Waals surface area (Å²) in [4.78, 5) is 0. The van der Waals surface area contributed by atoms with E-state index in [2.05, 4.69) is 64.5 Å². The van der Waals surface area contributed by atoms with E-state index in [-0.39, 0.29) is 0 Å². The first-order chi connectivity index (χ1) is 11.7. The highest BCUT2D eigenvalue weighted by molar-refractivity contribution is 7.20. The summed E-state index contributed by atoms with van der Waals surface area (Å²) in [6.07, 6.45) is 18.5. The van der Waals surface area contributed by atoms with Crippen molar-refractivity contribution in [2.75, 3.05) is 0 Å². The van der Waals surface area contributed by atoms with Crippen LogP contribution in [-0.4, -0.2) is 0 Å². The van der Waals surface area contributed by atoms with Crippen molar-refractivity contribution in [3.63, 3.8) is 0 Å². The summed E-state index contributed by atoms with van der Waals surface area (Å²) in [6.45, 7) is 2.18. The molecule has 0 bridgehead atoms. The lowest BCUT2D eigenvalue weighted by molar-refractivity contribution is 0.349. The van der Waals surface area contributed by atoms with Gasteiger partial charge in [0, 0.05) is 0 Å². The van der Waals surface area contributed by atoms with E-state index < -0.39 is 0 Å². The van der Waals surface area contributed by atoms with Crippen molar-refractivity contribution in [2.45, 2.75) is 64.2 Å². The van der Waals surface area contributed by atoms with E-state index in [1.165, 1.54) is 56.9 Å². The second kappa shape index (κ2) is 9.00. The zero-order valence-corrected chi connectivity index (χ0v) is 16.3. The average Bonchev–Trinajstić information content (AvgIpc) is 2.63. The van der Waals surface area contributed by atoms with Gasteiger partial charge >= 0.3 is 0 Å². The Morgan fingerprint density at radius 3 is 1.67 bits per heavy atom. The highest BCUT2D eigenvalue weighted by atomic mass is 31.0. The van der Waals surface area contributed by atoms with Crippen LogP contribution in [0.25, 0.3) is 0 Å². The molecule has 130 valence electrons. The zero-order valence-electron chi connectivity index (χ0n) is 15.2. The van der Waals surface area contributed by atoms with Gasteiger partial charge in [-0.25, -0.2) is 0 Å². The first-order valence-electron chi connectivity index (χ1n) is 9.88. The number of rotatable bonds is 4. The Morgan fingerprint density at radius 1 is 0.708 bits per heavy atom. The molecule has 2 saturated carbocycles. The number of hydrogen-bond donors (Lipinski definition) is 0. The molecule has 0 aromatic heterocycles. The van der Waals surface area contributed by atoms with Gasteiger partial charge in [0.1, 0.15) is 0 Å². The van der Waals surface area contributed by atoms with Crippen molar-refractivity contribution in [2.24, 2.45) is 17.8 Å². The summed E-state index contributed by atoms with van der Waals surface area (Å²) < 4.78 is 0. The van der Waals surface area contributed by atoms with Gasteiger partial charge in [-0.15, -0.1) is 9.24 Å². The van der Waals surface area contributed by atoms with Crippen LogP contribution in [0.2, 0.25) is 0 Å². The van der Waals surface area contributed by atoms with E-state index in [1.807, 2.05) is 0 Å². The molecule has 0 amide bonds. The fourth-order valence-electron chi connectivity index (χ4n) is 4.48. The molecule has 1 atom stereocenters. The number of aryl methyl sites for hydroxylation is 1. The van der Waals surface area contributed by atoms with Crippen LogP contribution >= 0.6 is 9.24 Å². The van der Waals surface area contributed by atoms with Crippen LogP contribution < -0.4 is 0 Å². The lowest BCUT2D eigenvalue weighted by atomic mass is 9.77. The van der Waals surface area contributed by atoms with E-state index in [0.29, 0.717) is 0 Å². The second-order valence-electron chi connectivity index (χ2n) is 7.97. The zero-order chi connectivity index (χ0) is 16.8. The Hall–Kier alpha value is -0.870. The summed E-state index contributed by atoms with van der Waals surface area (Å²) in [5.41, 5.74) is 2.93. The van der Waals surface area contributed by atoms with Gasteiger partial charge in [-0.2, -0.15) is 0 Å². The fraction of sp³-hybridized carbons (Fsp3) is 0.565. The summed E-state index contributed by atoms with van der Waals surface area (Å²) in [7, 11) is 2.71. The lowest BCUT2D eigenvalue weighted by Crippen LogP contribution is -2.13. The van der Waals surface area contributed by atoms with E-state index in [1.54, 1.807) is 5.56 Å². The van der Waals surface area contributed by atoms with Crippen LogP contribution in [0.15, 0.2) is 48.3 Å². The first-order valence-corrected chi connectivity index (χ1v) is 10.5. The van der Waals surface area contributed by atoms with Crippen LogP contribution in [-0.2, 0) is 0 Å². The van der Waals surface area contributed by atoms with Crippen LogP contribution in [0.5, 0.6) is 0 Å². The molecule has 1 aromatic rings. The van der Waals surface area contributed by atoms with Gasteiger partial charge in [-0.05, 0) is 87.5 Å². The minimum atomic E-state index is 0.796. The minimum absolute atomic E-state index is 0.796. The van der Waals surface area contributed by atoms with Crippen LogP contribution in [0.3, 0.4) is 0 Å². The van der Waals surface area contributed by atoms with Gasteiger partial charge in [0.05, 0.1) is 0 Å². The molecule has 0 heterocycles. The lowest BCUT2D eigenvalue weighted by Gasteiger charge is -2.28. The van der Waals surface area contributed by atoms with Crippen molar-refractivity contribution >= 4 is 9.24 Å². The quantitative estimate of drug-likeness (QED) is 0.408. The summed E-state index contributed by atoms with van der Waals surface area (Å²) in [5, 5.41) is 0. The van der Waals surface area contributed by atoms with Crippen molar-refractivity contribution in [1.29, 1.82) is 0 Å². The molecule has 0 spiro atoms. The maximum absolute atomic E-state index is 2.71. The van der Waals surface area contributed by atoms with Gasteiger partial charge in [0.15, 0.2) is 0 Å². The predicted molar refractivity (Wildman–Crippen MR) is 109 cm³/mol. The van der Waals surface area contributed by atoms with Crippen LogP contribution in [0, 0.1) is 24.7 Å². The molecular weight excluding hydrogens is 307 g/mol. The molecule has 0 radical (unpaired) electrons. The molecule has 2 fully saturated rings. The van der Waals surface area contributed by atoms with E-state index in [4.69, 9.17) is 0 Å². The van der Waals surface area contributed by atoms with Crippen molar-refractivity contribution < 1.29 is 0 Å². The highest BCUT2D eigenvalue weighted by Crippen LogP contribution is 2.37. The molecule has 24 heavy (non-hydrogen) atoms. The van der Waals surface area contributed by atoms with Gasteiger partial charge in [0.2, 0.25) is 0 Å². The monoisotopic (exact) mass is 340 g/mol. The molecule has 0 N–H and O–H groups in total. The van der Waals surface area contributed by atoms with Crippen molar-refractivity contribution in [3.05, 3.63) is 59.4 Å². The first kappa shape index (κ1) is 17.9. The van der Waals surface area contributed by atoms with Crippen LogP contribution in [0.1, 0.15) is 68.4 Å². The largest absolute Gasteiger partial charge is 0.114 e. The molecule has 0 nitrogen and oxygen atoms in total. The molecular formula is C23H33P. The minimum Gasteiger partial charge on any atom is -0.114 e. The van der Waals surface area contributed by atoms with Gasteiger partial charge in [-0.3, -0.25) is 0 Å². The molecule has 2 aliphatic rings. The van der Waals surface area contributed by atoms with E-state index in [9.17, 15) is 0 Å². The highest BCUT2D eigenvalue weighted by Gasteiger charge is 2.22. The van der Waals surface area contributed by atoms with Crippen LogP contribution in [0.4, 0.5) is 0 Å². The third kappa shape index (κ3) is 5.06. The molecule has 2 aliphatic carbocycles. The SMILES string of the molecule is Cc1ccc(C2CCC(/C=C/C3CCC(/C=C/P)CC3)CC2)cc1. The summed E-state index contributed by atoms with van der Waals surface area (Å²) >= 11 is 0. The maximum atomic E-state index is 2.71. The third-order valence-electron chi connectivity index (χ3n) is 6.18. The summed E-state index contributed by atoms with van der Waals surface area (Å²) in [6, 6.07) is 9.23. The van der Waals surface area contributed by atoms with Gasteiger partial charge in [-0.1, -0.05) is 53.9 Å². The van der Waals surface area contributed by atoms with Gasteiger partial charge < -0.3 is 0 Å². The van der Waals surface area contributed by atoms with Crippen molar-refractivity contribution in [3.8, 4) is 0 Å². The summed E-state index contributed by atoms with van der Waals surface area (Å²) in [5.74, 6) is 5.44. The molecule has 1 heteroatoms. The van der Waals surface area contributed by atoms with E-state index in [0.717, 1.165) is 23.7 Å². The average molecular weight is 340 g/mol. The number of benzene rings is 1. The fourth-order valence-corrected chi connectivity index (χ4v) is 4.80. The predicted octanol–water partition coefficient (Wildman–Crippen LogP) is 7.02. The third-order valence-corrected chi connectivity index (χ3v) is 6.40. The Morgan fingerprint density at radius 2 is 1.17 bits per heavy atom. The topological polar surface area (TPSA) is 0 Å². The Labute approximate surface area is 151 Å². The number of allylic oxidation sites excluding steroid dienone is 3.